The molecular weight excluding hydrogens is 416 g/mol. The first kappa shape index (κ1) is 23.0. The molecule has 0 bridgehead atoms. The number of nitro benzene ring substituents is 2. The average molecular weight is 434 g/mol. The summed E-state index contributed by atoms with van der Waals surface area (Å²) in [7, 11) is 0. The van der Waals surface area contributed by atoms with Crippen molar-refractivity contribution < 1.29 is 28.8 Å². The van der Waals surface area contributed by atoms with Gasteiger partial charge in [-0.25, -0.2) is 0 Å². The second kappa shape index (κ2) is 9.96. The van der Waals surface area contributed by atoms with Crippen LogP contribution < -0.4 is 24.7 Å². The summed E-state index contributed by atoms with van der Waals surface area (Å²) >= 11 is 0. The first-order valence-corrected chi connectivity index (χ1v) is 8.37. The van der Waals surface area contributed by atoms with Crippen molar-refractivity contribution in [2.24, 2.45) is 10.8 Å². The Bertz CT molecular complexity index is 1030. The number of nitrogens with two attached hydrogens (primary N) is 1. The smallest absolute Gasteiger partial charge is 0.315 e. The summed E-state index contributed by atoms with van der Waals surface area (Å²) in [5.41, 5.74) is 13.2. The lowest BCUT2D eigenvalue weighted by atomic mass is 10.3. The van der Waals surface area contributed by atoms with Crippen molar-refractivity contribution in [2.75, 3.05) is 13.1 Å². The maximum Gasteiger partial charge on any atom is 0.315 e. The fourth-order valence-electron chi connectivity index (χ4n) is 2.59. The maximum absolute atomic E-state index is 10.7. The van der Waals surface area contributed by atoms with Crippen molar-refractivity contribution in [3.05, 3.63) is 67.1 Å². The summed E-state index contributed by atoms with van der Waals surface area (Å²) < 4.78 is 20.7. The van der Waals surface area contributed by atoms with Gasteiger partial charge in [0.2, 0.25) is 17.8 Å². The third kappa shape index (κ3) is 5.01. The minimum atomic E-state index is -0.799. The van der Waals surface area contributed by atoms with E-state index in [1.807, 2.05) is 0 Å². The number of hydrogen-bond acceptors (Lipinski definition) is 10. The van der Waals surface area contributed by atoms with Crippen LogP contribution in [0, 0.1) is 20.2 Å². The number of nitro groups is 2. The Kier molecular flexibility index (Phi) is 7.38. The molecule has 14 nitrogen and oxygen atoms in total. The monoisotopic (exact) mass is 434 g/mol. The molecule has 2 atom stereocenters. The molecule has 2 aliphatic rings. The van der Waals surface area contributed by atoms with Crippen LogP contribution in [0.25, 0.3) is 10.4 Å². The zero-order valence-corrected chi connectivity index (χ0v) is 15.1. The van der Waals surface area contributed by atoms with E-state index in [1.54, 1.807) is 18.2 Å². The lowest BCUT2D eigenvalue weighted by molar-refractivity contribution is -0.385. The van der Waals surface area contributed by atoms with Gasteiger partial charge in [0, 0.05) is 17.0 Å². The third-order valence-electron chi connectivity index (χ3n) is 3.81. The molecule has 0 amide bonds. The molecule has 0 fully saturated rings. The summed E-state index contributed by atoms with van der Waals surface area (Å²) in [6.45, 7) is 0.119. The third-order valence-corrected chi connectivity index (χ3v) is 3.81. The molecule has 2 aromatic carbocycles. The van der Waals surface area contributed by atoms with Gasteiger partial charge < -0.3 is 24.7 Å². The Morgan fingerprint density at radius 2 is 1.42 bits per heavy atom. The van der Waals surface area contributed by atoms with Crippen molar-refractivity contribution in [1.29, 1.82) is 0 Å². The molecule has 2 aromatic rings. The van der Waals surface area contributed by atoms with E-state index >= 15 is 0 Å². The van der Waals surface area contributed by atoms with Crippen molar-refractivity contribution in [3.8, 4) is 23.0 Å². The van der Waals surface area contributed by atoms with Crippen molar-refractivity contribution >= 4 is 11.4 Å². The van der Waals surface area contributed by atoms with Crippen LogP contribution in [0.5, 0.6) is 23.0 Å². The average Bonchev–Trinajstić information content (AvgIpc) is 3.35. The molecule has 164 valence electrons. The lowest BCUT2D eigenvalue weighted by Gasteiger charge is -2.04. The van der Waals surface area contributed by atoms with Gasteiger partial charge in [0.25, 0.3) is 6.29 Å². The number of azide groups is 1. The molecular formula is C17H18N6O8. The van der Waals surface area contributed by atoms with Gasteiger partial charge >= 0.3 is 11.4 Å². The van der Waals surface area contributed by atoms with Gasteiger partial charge in [-0.1, -0.05) is 24.7 Å². The SMILES string of the molecule is C.NCC1Oc2cccc([N+](=O)[O-])c2O1.[N-]=[N+]=NCC1Oc2cccc([N+](=O)[O-])c2O1. The molecule has 0 aromatic heterocycles. The first-order chi connectivity index (χ1) is 14.4. The molecule has 2 N–H and O–H groups in total. The van der Waals surface area contributed by atoms with Gasteiger partial charge in [-0.05, 0) is 17.7 Å². The summed E-state index contributed by atoms with van der Waals surface area (Å²) in [6.07, 6.45) is -1.42. The zero-order chi connectivity index (χ0) is 21.7. The van der Waals surface area contributed by atoms with Crippen molar-refractivity contribution in [2.45, 2.75) is 20.0 Å². The Labute approximate surface area is 175 Å². The Hall–Kier alpha value is -4.29. The molecule has 4 rings (SSSR count). The van der Waals surface area contributed by atoms with Crippen LogP contribution in [0.2, 0.25) is 0 Å². The van der Waals surface area contributed by atoms with Crippen molar-refractivity contribution in [1.82, 2.24) is 0 Å². The van der Waals surface area contributed by atoms with Crippen LogP contribution in [0.1, 0.15) is 7.43 Å². The van der Waals surface area contributed by atoms with Gasteiger partial charge in [-0.2, -0.15) is 0 Å². The fraction of sp³-hybridized carbons (Fsp3) is 0.294. The zero-order valence-electron chi connectivity index (χ0n) is 15.1. The van der Waals surface area contributed by atoms with Crippen LogP contribution in [-0.4, -0.2) is 35.5 Å². The van der Waals surface area contributed by atoms with Crippen LogP contribution in [0.15, 0.2) is 41.5 Å². The van der Waals surface area contributed by atoms with Gasteiger partial charge in [0.15, 0.2) is 11.5 Å². The van der Waals surface area contributed by atoms with Gasteiger partial charge in [-0.15, -0.1) is 0 Å². The molecule has 0 spiro atoms. The van der Waals surface area contributed by atoms with E-state index in [1.165, 1.54) is 18.2 Å². The van der Waals surface area contributed by atoms with E-state index in [2.05, 4.69) is 10.0 Å². The number of nitrogens with zero attached hydrogens (tertiary/aromatic N) is 5. The minimum absolute atomic E-state index is 0. The van der Waals surface area contributed by atoms with E-state index in [-0.39, 0.29) is 49.1 Å². The number of rotatable bonds is 5. The summed E-state index contributed by atoms with van der Waals surface area (Å²) in [5.74, 6) is 0.889. The highest BCUT2D eigenvalue weighted by Crippen LogP contribution is 2.42. The van der Waals surface area contributed by atoms with Crippen molar-refractivity contribution in [3.63, 3.8) is 0 Å². The van der Waals surface area contributed by atoms with Crippen LogP contribution in [0.4, 0.5) is 11.4 Å². The van der Waals surface area contributed by atoms with Crippen LogP contribution in [0.3, 0.4) is 0 Å². The van der Waals surface area contributed by atoms with Gasteiger partial charge in [-0.3, -0.25) is 20.2 Å². The summed E-state index contributed by atoms with van der Waals surface area (Å²) in [4.78, 5) is 22.7. The number of ether oxygens (including phenoxy) is 4. The second-order valence-electron chi connectivity index (χ2n) is 5.70. The predicted molar refractivity (Wildman–Crippen MR) is 106 cm³/mol. The van der Waals surface area contributed by atoms with Gasteiger partial charge in [0.05, 0.1) is 16.4 Å². The topological polar surface area (TPSA) is 198 Å². The normalized spacial score (nSPS) is 16.8. The first-order valence-electron chi connectivity index (χ1n) is 8.37. The highest BCUT2D eigenvalue weighted by molar-refractivity contribution is 5.58. The van der Waals surface area contributed by atoms with Crippen LogP contribution in [-0.2, 0) is 0 Å². The predicted octanol–water partition coefficient (Wildman–Crippen LogP) is 3.29. The highest BCUT2D eigenvalue weighted by atomic mass is 16.7. The molecule has 31 heavy (non-hydrogen) atoms. The number of para-hydroxylation sites is 2. The molecule has 0 radical (unpaired) electrons. The Morgan fingerprint density at radius 3 is 1.87 bits per heavy atom. The maximum atomic E-state index is 10.7. The largest absolute Gasteiger partial charge is 0.451 e. The summed E-state index contributed by atoms with van der Waals surface area (Å²) in [5, 5.41) is 24.5. The lowest BCUT2D eigenvalue weighted by Crippen LogP contribution is -2.28. The van der Waals surface area contributed by atoms with Crippen LogP contribution >= 0.6 is 0 Å². The van der Waals surface area contributed by atoms with E-state index in [4.69, 9.17) is 30.2 Å². The molecule has 14 heteroatoms. The minimum Gasteiger partial charge on any atom is -0.451 e. The van der Waals surface area contributed by atoms with E-state index in [0.29, 0.717) is 5.75 Å². The standard InChI is InChI=1S/C8H6N4O4.C8H8N2O4.CH4/c9-11-10-4-7-15-6-3-1-2-5(12(13)14)8(6)16-7;9-4-7-13-6-3-1-2-5(10(11)12)8(6)14-7;/h1-3,7H,4H2;1-3,7H,4,9H2;1H4. The molecule has 0 saturated carbocycles. The molecule has 2 heterocycles. The fourth-order valence-corrected chi connectivity index (χ4v) is 2.59. The Morgan fingerprint density at radius 1 is 0.935 bits per heavy atom. The van der Waals surface area contributed by atoms with E-state index < -0.39 is 22.4 Å². The highest BCUT2D eigenvalue weighted by Gasteiger charge is 2.31. The molecule has 2 aliphatic heterocycles. The van der Waals surface area contributed by atoms with E-state index in [9.17, 15) is 20.2 Å². The Balaban J connectivity index is 0.000000215. The number of hydrogen-bond donors (Lipinski definition) is 1. The summed E-state index contributed by atoms with van der Waals surface area (Å²) in [6, 6.07) is 8.88. The second-order valence-corrected chi connectivity index (χ2v) is 5.70. The number of fused-ring (bicyclic) bond motifs is 2. The van der Waals surface area contributed by atoms with E-state index in [0.717, 1.165) is 0 Å². The number of benzene rings is 2. The quantitative estimate of drug-likeness (QED) is 0.241. The van der Waals surface area contributed by atoms with Gasteiger partial charge in [0.1, 0.15) is 6.54 Å². The molecule has 2 unspecified atom stereocenters. The molecule has 0 aliphatic carbocycles. The molecule has 0 saturated heterocycles.